The minimum atomic E-state index is -0.555. The molecule has 172 valence electrons. The summed E-state index contributed by atoms with van der Waals surface area (Å²) >= 11 is 12.3. The van der Waals surface area contributed by atoms with Crippen LogP contribution in [0.3, 0.4) is 0 Å². The molecule has 0 aliphatic heterocycles. The number of esters is 1. The summed E-state index contributed by atoms with van der Waals surface area (Å²) in [6.07, 6.45) is 0. The van der Waals surface area contributed by atoms with E-state index in [-0.39, 0.29) is 0 Å². The van der Waals surface area contributed by atoms with Gasteiger partial charge in [0.15, 0.2) is 11.7 Å². The fraction of sp³-hybridized carbons (Fsp3) is 0.0800. The average Bonchev–Trinajstić information content (AvgIpc) is 3.31. The highest BCUT2D eigenvalue weighted by Crippen LogP contribution is 2.27. The summed E-state index contributed by atoms with van der Waals surface area (Å²) in [6.45, 7) is -0.390. The molecule has 0 saturated heterocycles. The van der Waals surface area contributed by atoms with Crippen LogP contribution in [0.1, 0.15) is 15.9 Å². The van der Waals surface area contributed by atoms with Crippen molar-refractivity contribution in [1.29, 1.82) is 0 Å². The molecule has 1 amide bonds. The molecule has 34 heavy (non-hydrogen) atoms. The van der Waals surface area contributed by atoms with Gasteiger partial charge in [-0.25, -0.2) is 9.78 Å². The maximum absolute atomic E-state index is 12.3. The van der Waals surface area contributed by atoms with Crippen LogP contribution in [0, 0.1) is 0 Å². The van der Waals surface area contributed by atoms with Crippen LogP contribution in [-0.4, -0.2) is 23.5 Å². The highest BCUT2D eigenvalue weighted by molar-refractivity contribution is 9.10. The number of benzene rings is 3. The third kappa shape index (κ3) is 6.93. The second-order valence-corrected chi connectivity index (χ2v) is 10.4. The molecule has 0 bridgehead atoms. The average molecular weight is 574 g/mol. The van der Waals surface area contributed by atoms with E-state index in [1.807, 2.05) is 66.0 Å². The van der Waals surface area contributed by atoms with E-state index < -0.39 is 18.5 Å². The van der Waals surface area contributed by atoms with Gasteiger partial charge in [-0.05, 0) is 54.1 Å². The Kier molecular flexibility index (Phi) is 8.39. The Morgan fingerprint density at radius 3 is 2.56 bits per heavy atom. The molecule has 0 aliphatic carbocycles. The number of anilines is 1. The molecule has 1 N–H and O–H groups in total. The number of carbonyl (C=O) groups excluding carboxylic acids is 2. The summed E-state index contributed by atoms with van der Waals surface area (Å²) < 4.78 is 6.10. The third-order valence-electron chi connectivity index (χ3n) is 4.61. The van der Waals surface area contributed by atoms with Gasteiger partial charge in [-0.1, -0.05) is 51.8 Å². The number of nitrogens with zero attached hydrogens (tertiary/aromatic N) is 1. The highest BCUT2D eigenvalue weighted by Gasteiger charge is 2.13. The number of halogens is 2. The van der Waals surface area contributed by atoms with E-state index in [1.54, 1.807) is 23.9 Å². The number of carbonyl (C=O) groups is 2. The van der Waals surface area contributed by atoms with Crippen molar-refractivity contribution in [1.82, 2.24) is 4.98 Å². The molecule has 0 aliphatic rings. The van der Waals surface area contributed by atoms with Gasteiger partial charge in [-0.3, -0.25) is 10.1 Å². The standard InChI is InChI=1S/C25H18BrClN2O3S2/c26-19-3-1-2-18(12-19)22-15-34-25(28-22)29-23(30)13-32-24(31)17-6-4-16(5-7-17)14-33-21-10-8-20(27)9-11-21/h1-12,15H,13-14H2,(H,28,29,30). The molecule has 4 rings (SSSR count). The molecule has 1 heterocycles. The van der Waals surface area contributed by atoms with Gasteiger partial charge in [-0.2, -0.15) is 0 Å². The molecular formula is C25H18BrClN2O3S2. The second kappa shape index (κ2) is 11.7. The summed E-state index contributed by atoms with van der Waals surface area (Å²) in [5.74, 6) is -0.241. The highest BCUT2D eigenvalue weighted by atomic mass is 79.9. The van der Waals surface area contributed by atoms with Crippen molar-refractivity contribution >= 4 is 67.6 Å². The van der Waals surface area contributed by atoms with Crippen LogP contribution in [0.5, 0.6) is 0 Å². The second-order valence-electron chi connectivity index (χ2n) is 7.11. The van der Waals surface area contributed by atoms with Gasteiger partial charge in [0.1, 0.15) is 0 Å². The van der Waals surface area contributed by atoms with Crippen molar-refractivity contribution in [3.8, 4) is 11.3 Å². The predicted molar refractivity (Wildman–Crippen MR) is 142 cm³/mol. The van der Waals surface area contributed by atoms with Crippen molar-refractivity contribution in [2.45, 2.75) is 10.6 Å². The van der Waals surface area contributed by atoms with E-state index in [9.17, 15) is 9.59 Å². The van der Waals surface area contributed by atoms with Crippen LogP contribution < -0.4 is 5.32 Å². The van der Waals surface area contributed by atoms with Gasteiger partial charge in [0.2, 0.25) is 0 Å². The fourth-order valence-electron chi connectivity index (χ4n) is 2.92. The minimum absolute atomic E-state index is 0.388. The number of thioether (sulfide) groups is 1. The van der Waals surface area contributed by atoms with E-state index in [0.29, 0.717) is 15.7 Å². The predicted octanol–water partition coefficient (Wildman–Crippen LogP) is 7.31. The lowest BCUT2D eigenvalue weighted by Gasteiger charge is -2.06. The topological polar surface area (TPSA) is 68.3 Å². The first-order valence-electron chi connectivity index (χ1n) is 10.1. The van der Waals surface area contributed by atoms with Crippen molar-refractivity contribution in [3.05, 3.63) is 98.8 Å². The first-order valence-corrected chi connectivity index (χ1v) is 13.2. The van der Waals surface area contributed by atoms with Gasteiger partial charge in [-0.15, -0.1) is 23.1 Å². The van der Waals surface area contributed by atoms with Gasteiger partial charge in [0.25, 0.3) is 5.91 Å². The van der Waals surface area contributed by atoms with Crippen LogP contribution in [-0.2, 0) is 15.3 Å². The summed E-state index contributed by atoms with van der Waals surface area (Å²) in [7, 11) is 0. The van der Waals surface area contributed by atoms with E-state index in [1.165, 1.54) is 11.3 Å². The number of hydrogen-bond acceptors (Lipinski definition) is 6. The maximum atomic E-state index is 12.3. The molecule has 3 aromatic carbocycles. The molecule has 0 radical (unpaired) electrons. The monoisotopic (exact) mass is 572 g/mol. The number of thiazole rings is 1. The number of aromatic nitrogens is 1. The zero-order valence-corrected chi connectivity index (χ0v) is 21.6. The molecule has 0 saturated carbocycles. The van der Waals surface area contributed by atoms with Gasteiger partial charge in [0, 0.05) is 31.1 Å². The molecule has 0 fully saturated rings. The lowest BCUT2D eigenvalue weighted by molar-refractivity contribution is -0.119. The molecule has 9 heteroatoms. The maximum Gasteiger partial charge on any atom is 0.338 e. The van der Waals surface area contributed by atoms with Crippen LogP contribution in [0.4, 0.5) is 5.13 Å². The third-order valence-corrected chi connectivity index (χ3v) is 7.20. The Labute approximate surface area is 218 Å². The Hall–Kier alpha value is -2.65. The van der Waals surface area contributed by atoms with Crippen LogP contribution in [0.2, 0.25) is 5.02 Å². The first-order chi connectivity index (χ1) is 16.5. The Bertz CT molecular complexity index is 1290. The number of nitrogens with one attached hydrogen (secondary N) is 1. The number of hydrogen-bond donors (Lipinski definition) is 1. The van der Waals surface area contributed by atoms with Gasteiger partial charge < -0.3 is 4.74 Å². The Morgan fingerprint density at radius 1 is 1.06 bits per heavy atom. The number of amides is 1. The lowest BCUT2D eigenvalue weighted by atomic mass is 10.1. The van der Waals surface area contributed by atoms with Crippen LogP contribution in [0.15, 0.2) is 87.5 Å². The smallest absolute Gasteiger partial charge is 0.338 e. The molecule has 0 atom stereocenters. The van der Waals surface area contributed by atoms with Crippen molar-refractivity contribution < 1.29 is 14.3 Å². The van der Waals surface area contributed by atoms with E-state index in [2.05, 4.69) is 26.2 Å². The van der Waals surface area contributed by atoms with Crippen LogP contribution in [0.25, 0.3) is 11.3 Å². The zero-order chi connectivity index (χ0) is 23.9. The summed E-state index contributed by atoms with van der Waals surface area (Å²) in [5.41, 5.74) is 3.15. The molecule has 0 unspecified atom stereocenters. The molecule has 0 spiro atoms. The van der Waals surface area contributed by atoms with E-state index in [4.69, 9.17) is 16.3 Å². The number of rotatable bonds is 8. The first kappa shape index (κ1) is 24.5. The molecular weight excluding hydrogens is 556 g/mol. The largest absolute Gasteiger partial charge is 0.452 e. The lowest BCUT2D eigenvalue weighted by Crippen LogP contribution is -2.20. The molecule has 4 aromatic rings. The SMILES string of the molecule is O=C(COC(=O)c1ccc(CSc2ccc(Cl)cc2)cc1)Nc1nc(-c2cccc(Br)c2)cs1. The Balaban J connectivity index is 1.24. The van der Waals surface area contributed by atoms with Crippen molar-refractivity contribution in [3.63, 3.8) is 0 Å². The zero-order valence-electron chi connectivity index (χ0n) is 17.7. The quantitative estimate of drug-likeness (QED) is 0.177. The Morgan fingerprint density at radius 2 is 1.82 bits per heavy atom. The summed E-state index contributed by atoms with van der Waals surface area (Å²) in [5, 5.41) is 5.67. The van der Waals surface area contributed by atoms with Gasteiger partial charge >= 0.3 is 5.97 Å². The summed E-state index contributed by atoms with van der Waals surface area (Å²) in [6, 6.07) is 22.5. The minimum Gasteiger partial charge on any atom is -0.452 e. The molecule has 1 aromatic heterocycles. The normalized spacial score (nSPS) is 10.6. The van der Waals surface area contributed by atoms with E-state index in [0.717, 1.165) is 31.9 Å². The molecule has 5 nitrogen and oxygen atoms in total. The number of ether oxygens (including phenoxy) is 1. The summed E-state index contributed by atoms with van der Waals surface area (Å²) in [4.78, 5) is 30.0. The van der Waals surface area contributed by atoms with Gasteiger partial charge in [0.05, 0.1) is 11.3 Å². The van der Waals surface area contributed by atoms with Crippen molar-refractivity contribution in [2.24, 2.45) is 0 Å². The van der Waals surface area contributed by atoms with Crippen LogP contribution >= 0.6 is 50.6 Å². The fourth-order valence-corrected chi connectivity index (χ4v) is 5.03. The van der Waals surface area contributed by atoms with Crippen molar-refractivity contribution in [2.75, 3.05) is 11.9 Å². The van der Waals surface area contributed by atoms with E-state index >= 15 is 0 Å².